The molecule has 1 aliphatic rings. The molecule has 2 N–H and O–H groups in total. The molecule has 98 valence electrons. The molecule has 1 aromatic carbocycles. The number of carbonyl (C=O) groups excluding carboxylic acids is 1. The lowest BCUT2D eigenvalue weighted by Crippen LogP contribution is -2.46. The SMILES string of the molecule is COc1cccc(C(=O)NC2CCNC(C)C2)c1. The van der Waals surface area contributed by atoms with E-state index >= 15 is 0 Å². The summed E-state index contributed by atoms with van der Waals surface area (Å²) in [6.45, 7) is 3.11. The van der Waals surface area contributed by atoms with Crippen molar-refractivity contribution in [3.05, 3.63) is 29.8 Å². The van der Waals surface area contributed by atoms with Crippen molar-refractivity contribution in [1.82, 2.24) is 10.6 Å². The Balaban J connectivity index is 1.98. The first-order chi connectivity index (χ1) is 8.69. The van der Waals surface area contributed by atoms with Crippen molar-refractivity contribution < 1.29 is 9.53 Å². The lowest BCUT2D eigenvalue weighted by molar-refractivity contribution is 0.0925. The van der Waals surface area contributed by atoms with Gasteiger partial charge in [0.2, 0.25) is 0 Å². The normalized spacial score (nSPS) is 23.4. The van der Waals surface area contributed by atoms with Crippen LogP contribution in [-0.2, 0) is 0 Å². The predicted molar refractivity (Wildman–Crippen MR) is 70.9 cm³/mol. The highest BCUT2D eigenvalue weighted by atomic mass is 16.5. The first-order valence-corrected chi connectivity index (χ1v) is 6.37. The van der Waals surface area contributed by atoms with Gasteiger partial charge in [-0.2, -0.15) is 0 Å². The average Bonchev–Trinajstić information content (AvgIpc) is 2.39. The first-order valence-electron chi connectivity index (χ1n) is 6.37. The molecule has 1 saturated heterocycles. The summed E-state index contributed by atoms with van der Waals surface area (Å²) >= 11 is 0. The monoisotopic (exact) mass is 248 g/mol. The Hall–Kier alpha value is -1.55. The van der Waals surface area contributed by atoms with Gasteiger partial charge < -0.3 is 15.4 Å². The third kappa shape index (κ3) is 3.23. The molecular weight excluding hydrogens is 228 g/mol. The second-order valence-electron chi connectivity index (χ2n) is 4.78. The van der Waals surface area contributed by atoms with E-state index in [1.165, 1.54) is 0 Å². The van der Waals surface area contributed by atoms with E-state index in [0.717, 1.165) is 19.4 Å². The van der Waals surface area contributed by atoms with Crippen LogP contribution in [0.4, 0.5) is 0 Å². The number of methoxy groups -OCH3 is 1. The lowest BCUT2D eigenvalue weighted by atomic mass is 10.0. The zero-order valence-corrected chi connectivity index (χ0v) is 10.9. The highest BCUT2D eigenvalue weighted by Gasteiger charge is 2.20. The molecule has 0 saturated carbocycles. The standard InChI is InChI=1S/C14H20N2O2/c1-10-8-12(6-7-15-10)16-14(17)11-4-3-5-13(9-11)18-2/h3-5,9-10,12,15H,6-8H2,1-2H3,(H,16,17). The van der Waals surface area contributed by atoms with E-state index in [1.54, 1.807) is 13.2 Å². The maximum absolute atomic E-state index is 12.1. The number of rotatable bonds is 3. The molecule has 1 aliphatic heterocycles. The van der Waals surface area contributed by atoms with E-state index in [4.69, 9.17) is 4.74 Å². The Morgan fingerprint density at radius 2 is 2.33 bits per heavy atom. The summed E-state index contributed by atoms with van der Waals surface area (Å²) in [6, 6.07) is 7.97. The molecule has 2 unspecified atom stereocenters. The molecule has 0 bridgehead atoms. The minimum absolute atomic E-state index is 0.0204. The van der Waals surface area contributed by atoms with Gasteiger partial charge in [0, 0.05) is 17.6 Å². The van der Waals surface area contributed by atoms with Gasteiger partial charge >= 0.3 is 0 Å². The highest BCUT2D eigenvalue weighted by Crippen LogP contribution is 2.14. The number of hydrogen-bond donors (Lipinski definition) is 2. The van der Waals surface area contributed by atoms with Crippen LogP contribution in [0.2, 0.25) is 0 Å². The van der Waals surface area contributed by atoms with Crippen molar-refractivity contribution >= 4 is 5.91 Å². The number of amides is 1. The third-order valence-corrected chi connectivity index (χ3v) is 3.29. The average molecular weight is 248 g/mol. The fraction of sp³-hybridized carbons (Fsp3) is 0.500. The summed E-state index contributed by atoms with van der Waals surface area (Å²) in [6.07, 6.45) is 1.97. The summed E-state index contributed by atoms with van der Waals surface area (Å²) in [5.74, 6) is 0.689. The van der Waals surface area contributed by atoms with Crippen LogP contribution in [0.25, 0.3) is 0 Å². The molecule has 18 heavy (non-hydrogen) atoms. The van der Waals surface area contributed by atoms with Gasteiger partial charge in [-0.3, -0.25) is 4.79 Å². The molecular formula is C14H20N2O2. The van der Waals surface area contributed by atoms with E-state index in [2.05, 4.69) is 17.6 Å². The van der Waals surface area contributed by atoms with Crippen molar-refractivity contribution in [2.24, 2.45) is 0 Å². The summed E-state index contributed by atoms with van der Waals surface area (Å²) in [5, 5.41) is 6.45. The van der Waals surface area contributed by atoms with Crippen LogP contribution in [-0.4, -0.2) is 31.6 Å². The molecule has 0 aromatic heterocycles. The molecule has 4 nitrogen and oxygen atoms in total. The molecule has 2 rings (SSSR count). The number of ether oxygens (including phenoxy) is 1. The van der Waals surface area contributed by atoms with Crippen LogP contribution in [0, 0.1) is 0 Å². The van der Waals surface area contributed by atoms with Crippen LogP contribution in [0.15, 0.2) is 24.3 Å². The molecule has 4 heteroatoms. The summed E-state index contributed by atoms with van der Waals surface area (Å²) in [4.78, 5) is 12.1. The Morgan fingerprint density at radius 1 is 1.50 bits per heavy atom. The summed E-state index contributed by atoms with van der Waals surface area (Å²) in [7, 11) is 1.60. The molecule has 0 radical (unpaired) electrons. The molecule has 0 aliphatic carbocycles. The molecule has 1 amide bonds. The summed E-state index contributed by atoms with van der Waals surface area (Å²) in [5.41, 5.74) is 0.653. The zero-order valence-electron chi connectivity index (χ0n) is 10.9. The van der Waals surface area contributed by atoms with Crippen molar-refractivity contribution in [2.75, 3.05) is 13.7 Å². The third-order valence-electron chi connectivity index (χ3n) is 3.29. The topological polar surface area (TPSA) is 50.4 Å². The molecule has 2 atom stereocenters. The fourth-order valence-corrected chi connectivity index (χ4v) is 2.30. The fourth-order valence-electron chi connectivity index (χ4n) is 2.30. The van der Waals surface area contributed by atoms with Crippen LogP contribution >= 0.6 is 0 Å². The molecule has 1 fully saturated rings. The second-order valence-corrected chi connectivity index (χ2v) is 4.78. The first kappa shape index (κ1) is 12.9. The molecule has 1 aromatic rings. The minimum Gasteiger partial charge on any atom is -0.497 e. The van der Waals surface area contributed by atoms with Gasteiger partial charge in [0.15, 0.2) is 0 Å². The van der Waals surface area contributed by atoms with Gasteiger partial charge in [-0.15, -0.1) is 0 Å². The number of hydrogen-bond acceptors (Lipinski definition) is 3. The van der Waals surface area contributed by atoms with Crippen LogP contribution < -0.4 is 15.4 Å². The Morgan fingerprint density at radius 3 is 3.06 bits per heavy atom. The van der Waals surface area contributed by atoms with Crippen LogP contribution in [0.1, 0.15) is 30.1 Å². The minimum atomic E-state index is -0.0204. The van der Waals surface area contributed by atoms with Gasteiger partial charge in [0.05, 0.1) is 7.11 Å². The van der Waals surface area contributed by atoms with E-state index < -0.39 is 0 Å². The number of piperidine rings is 1. The van der Waals surface area contributed by atoms with Crippen molar-refractivity contribution in [3.63, 3.8) is 0 Å². The van der Waals surface area contributed by atoms with Crippen LogP contribution in [0.3, 0.4) is 0 Å². The smallest absolute Gasteiger partial charge is 0.251 e. The van der Waals surface area contributed by atoms with Gasteiger partial charge in [-0.25, -0.2) is 0 Å². The van der Waals surface area contributed by atoms with Gasteiger partial charge in [0.1, 0.15) is 5.75 Å². The maximum Gasteiger partial charge on any atom is 0.251 e. The quantitative estimate of drug-likeness (QED) is 0.853. The lowest BCUT2D eigenvalue weighted by Gasteiger charge is -2.28. The van der Waals surface area contributed by atoms with Gasteiger partial charge in [-0.1, -0.05) is 6.07 Å². The van der Waals surface area contributed by atoms with E-state index in [1.807, 2.05) is 18.2 Å². The van der Waals surface area contributed by atoms with E-state index in [9.17, 15) is 4.79 Å². The van der Waals surface area contributed by atoms with E-state index in [0.29, 0.717) is 17.4 Å². The second kappa shape index (κ2) is 5.87. The Kier molecular flexibility index (Phi) is 4.20. The number of benzene rings is 1. The molecule has 1 heterocycles. The van der Waals surface area contributed by atoms with Gasteiger partial charge in [0.25, 0.3) is 5.91 Å². The Labute approximate surface area is 108 Å². The van der Waals surface area contributed by atoms with Crippen molar-refractivity contribution in [1.29, 1.82) is 0 Å². The predicted octanol–water partition coefficient (Wildman–Crippen LogP) is 1.57. The number of carbonyl (C=O) groups is 1. The van der Waals surface area contributed by atoms with Crippen molar-refractivity contribution in [2.45, 2.75) is 31.8 Å². The number of nitrogens with one attached hydrogen (secondary N) is 2. The maximum atomic E-state index is 12.1. The highest BCUT2D eigenvalue weighted by molar-refractivity contribution is 5.94. The van der Waals surface area contributed by atoms with Crippen LogP contribution in [0.5, 0.6) is 5.75 Å². The van der Waals surface area contributed by atoms with E-state index in [-0.39, 0.29) is 11.9 Å². The molecule has 0 spiro atoms. The van der Waals surface area contributed by atoms with Crippen molar-refractivity contribution in [3.8, 4) is 5.75 Å². The zero-order chi connectivity index (χ0) is 13.0. The largest absolute Gasteiger partial charge is 0.497 e. The van der Waals surface area contributed by atoms with Gasteiger partial charge in [-0.05, 0) is 44.5 Å². The Bertz CT molecular complexity index is 420. The summed E-state index contributed by atoms with van der Waals surface area (Å²) < 4.78 is 5.12.